The Hall–Kier alpha value is -1.20. The Morgan fingerprint density at radius 2 is 2.12 bits per heavy atom. The fourth-order valence-corrected chi connectivity index (χ4v) is 4.58. The third-order valence-corrected chi connectivity index (χ3v) is 6.08. The number of nitrogens with zero attached hydrogens (tertiary/aromatic N) is 3. The van der Waals surface area contributed by atoms with E-state index in [1.54, 1.807) is 11.3 Å². The first-order chi connectivity index (χ1) is 11.8. The van der Waals surface area contributed by atoms with Gasteiger partial charge in [0.15, 0.2) is 0 Å². The highest BCUT2D eigenvalue weighted by molar-refractivity contribution is 7.07. The maximum Gasteiger partial charge on any atom is 0.206 e. The topological polar surface area (TPSA) is 41.7 Å². The predicted molar refractivity (Wildman–Crippen MR) is 103 cm³/mol. The molecule has 0 spiro atoms. The quantitative estimate of drug-likeness (QED) is 0.637. The van der Waals surface area contributed by atoms with Gasteiger partial charge in [0.1, 0.15) is 0 Å². The third kappa shape index (κ3) is 4.45. The summed E-state index contributed by atoms with van der Waals surface area (Å²) < 4.78 is 2.10. The first-order valence-electron chi connectivity index (χ1n) is 9.37. The molecule has 3 rings (SSSR count). The van der Waals surface area contributed by atoms with Gasteiger partial charge in [0.05, 0.1) is 12.2 Å². The van der Waals surface area contributed by atoms with Crippen molar-refractivity contribution >= 4 is 17.6 Å². The van der Waals surface area contributed by atoms with Crippen molar-refractivity contribution in [1.29, 1.82) is 0 Å². The first kappa shape index (κ1) is 17.6. The third-order valence-electron chi connectivity index (χ3n) is 5.21. The molecule has 0 amide bonds. The van der Waals surface area contributed by atoms with Gasteiger partial charge in [0.25, 0.3) is 0 Å². The summed E-state index contributed by atoms with van der Waals surface area (Å²) in [5.41, 5.74) is 1.35. The molecule has 1 saturated carbocycles. The van der Waals surface area contributed by atoms with Gasteiger partial charge in [-0.25, -0.2) is 4.68 Å². The van der Waals surface area contributed by atoms with Crippen LogP contribution in [0.5, 0.6) is 0 Å². The largest absolute Gasteiger partial charge is 0.309 e. The zero-order valence-corrected chi connectivity index (χ0v) is 15.6. The number of hydrogen-bond donors (Lipinski definition) is 1. The van der Waals surface area contributed by atoms with Crippen LogP contribution in [0.15, 0.2) is 28.1 Å². The Balaban J connectivity index is 1.84. The number of hydrogen-bond acceptors (Lipinski definition) is 4. The monoisotopic (exact) mass is 346 g/mol. The molecule has 132 valence electrons. The van der Waals surface area contributed by atoms with Crippen molar-refractivity contribution in [3.8, 4) is 0 Å². The van der Waals surface area contributed by atoms with E-state index in [9.17, 15) is 0 Å². The lowest BCUT2D eigenvalue weighted by molar-refractivity contribution is 0.339. The summed E-state index contributed by atoms with van der Waals surface area (Å²) in [4.78, 5) is 5.64. The first-order valence-corrected chi connectivity index (χ1v) is 10.3. The van der Waals surface area contributed by atoms with Crippen molar-refractivity contribution in [1.82, 2.24) is 9.99 Å². The number of thiazole rings is 1. The second-order valence-corrected chi connectivity index (χ2v) is 8.00. The van der Waals surface area contributed by atoms with Gasteiger partial charge in [-0.1, -0.05) is 32.3 Å². The van der Waals surface area contributed by atoms with Gasteiger partial charge in [-0.2, -0.15) is 5.10 Å². The van der Waals surface area contributed by atoms with Crippen molar-refractivity contribution in [3.05, 3.63) is 28.5 Å². The molecular formula is C19H30N4S. The molecule has 2 fully saturated rings. The molecule has 2 aliphatic rings. The molecule has 0 aromatic carbocycles. The summed E-state index contributed by atoms with van der Waals surface area (Å²) in [5, 5.41) is 10.7. The van der Waals surface area contributed by atoms with Crippen molar-refractivity contribution < 1.29 is 0 Å². The molecule has 0 bridgehead atoms. The van der Waals surface area contributed by atoms with E-state index in [0.29, 0.717) is 18.5 Å². The molecular weight excluding hydrogens is 316 g/mol. The number of piperidine rings is 1. The van der Waals surface area contributed by atoms with Gasteiger partial charge in [-0.3, -0.25) is 4.99 Å². The summed E-state index contributed by atoms with van der Waals surface area (Å²) in [5.74, 6) is 1.50. The van der Waals surface area contributed by atoms with Crippen LogP contribution in [0.1, 0.15) is 63.5 Å². The van der Waals surface area contributed by atoms with Gasteiger partial charge < -0.3 is 5.32 Å². The number of nitrogens with one attached hydrogen (secondary N) is 1. The van der Waals surface area contributed by atoms with Crippen molar-refractivity contribution in [2.24, 2.45) is 16.0 Å². The average molecular weight is 347 g/mol. The van der Waals surface area contributed by atoms with Crippen molar-refractivity contribution in [2.45, 2.75) is 63.8 Å². The second-order valence-electron chi connectivity index (χ2n) is 7.16. The summed E-state index contributed by atoms with van der Waals surface area (Å²) >= 11 is 1.71. The van der Waals surface area contributed by atoms with Crippen LogP contribution in [0, 0.1) is 5.92 Å². The maximum atomic E-state index is 4.85. The highest BCUT2D eigenvalue weighted by Crippen LogP contribution is 2.35. The van der Waals surface area contributed by atoms with E-state index in [4.69, 9.17) is 5.10 Å². The van der Waals surface area contributed by atoms with Gasteiger partial charge in [0.2, 0.25) is 4.80 Å². The van der Waals surface area contributed by atoms with Crippen LogP contribution in [0.2, 0.25) is 0 Å². The lowest BCUT2D eigenvalue weighted by Crippen LogP contribution is -2.35. The van der Waals surface area contributed by atoms with Crippen molar-refractivity contribution in [3.63, 3.8) is 0 Å². The zero-order valence-electron chi connectivity index (χ0n) is 14.8. The van der Waals surface area contributed by atoms with E-state index in [2.05, 4.69) is 40.1 Å². The van der Waals surface area contributed by atoms with Crippen LogP contribution in [-0.4, -0.2) is 30.0 Å². The summed E-state index contributed by atoms with van der Waals surface area (Å²) in [7, 11) is 0. The fraction of sp³-hybridized carbons (Fsp3) is 0.684. The standard InChI is InChI=1S/C19H30N4S/c1-3-11-21-19-23(22-13-17-6-4-5-12-20-17)18(14-24-19)16-9-7-15(2)8-10-16/h3,13-17,20H,1,4-12H2,2H3/b21-19?,22-13+. The van der Waals surface area contributed by atoms with Crippen LogP contribution in [0.4, 0.5) is 0 Å². The van der Waals surface area contributed by atoms with Crippen LogP contribution in [0.3, 0.4) is 0 Å². The minimum atomic E-state index is 0.401. The van der Waals surface area contributed by atoms with Crippen LogP contribution in [0.25, 0.3) is 0 Å². The fourth-order valence-electron chi connectivity index (χ4n) is 3.66. The van der Waals surface area contributed by atoms with Crippen molar-refractivity contribution in [2.75, 3.05) is 13.1 Å². The Morgan fingerprint density at radius 1 is 1.29 bits per heavy atom. The highest BCUT2D eigenvalue weighted by Gasteiger charge is 2.23. The van der Waals surface area contributed by atoms with E-state index >= 15 is 0 Å². The number of rotatable bonds is 5. The van der Waals surface area contributed by atoms with E-state index < -0.39 is 0 Å². The average Bonchev–Trinajstić information content (AvgIpc) is 3.02. The Morgan fingerprint density at radius 3 is 2.83 bits per heavy atom. The molecule has 1 saturated heterocycles. The summed E-state index contributed by atoms with van der Waals surface area (Å²) in [6.45, 7) is 7.91. The van der Waals surface area contributed by atoms with Crippen LogP contribution in [-0.2, 0) is 0 Å². The van der Waals surface area contributed by atoms with E-state index in [-0.39, 0.29) is 0 Å². The van der Waals surface area contributed by atoms with Gasteiger partial charge in [-0.05, 0) is 38.1 Å². The van der Waals surface area contributed by atoms with Gasteiger partial charge >= 0.3 is 0 Å². The van der Waals surface area contributed by atoms with E-state index in [1.165, 1.54) is 50.6 Å². The molecule has 1 atom stereocenters. The molecule has 1 unspecified atom stereocenters. The molecule has 24 heavy (non-hydrogen) atoms. The zero-order chi connectivity index (χ0) is 16.8. The lowest BCUT2D eigenvalue weighted by atomic mass is 9.82. The SMILES string of the molecule is C=CCN=c1scc(C2CCC(C)CC2)n1/N=C/C1CCCCN1. The Bertz CT molecular complexity index is 614. The molecule has 1 aromatic heterocycles. The summed E-state index contributed by atoms with van der Waals surface area (Å²) in [6.07, 6.45) is 12.9. The lowest BCUT2D eigenvalue weighted by Gasteiger charge is -2.26. The maximum absolute atomic E-state index is 4.85. The number of aromatic nitrogens is 1. The normalized spacial score (nSPS) is 29.2. The van der Waals surface area contributed by atoms with Crippen LogP contribution < -0.4 is 10.1 Å². The second kappa shape index (κ2) is 8.77. The minimum Gasteiger partial charge on any atom is -0.309 e. The molecule has 0 radical (unpaired) electrons. The van der Waals surface area contributed by atoms with E-state index in [0.717, 1.165) is 17.3 Å². The molecule has 5 heteroatoms. The molecule has 4 nitrogen and oxygen atoms in total. The molecule has 1 aromatic rings. The minimum absolute atomic E-state index is 0.401. The summed E-state index contributed by atoms with van der Waals surface area (Å²) in [6, 6.07) is 0.401. The Kier molecular flexibility index (Phi) is 6.44. The Labute approximate surface area is 149 Å². The van der Waals surface area contributed by atoms with Gasteiger partial charge in [0, 0.05) is 23.6 Å². The molecule has 2 heterocycles. The molecule has 1 aliphatic carbocycles. The van der Waals surface area contributed by atoms with Gasteiger partial charge in [-0.15, -0.1) is 17.9 Å². The smallest absolute Gasteiger partial charge is 0.206 e. The van der Waals surface area contributed by atoms with E-state index in [1.807, 2.05) is 6.08 Å². The molecule has 1 N–H and O–H groups in total. The van der Waals surface area contributed by atoms with Crippen LogP contribution >= 0.6 is 11.3 Å². The predicted octanol–water partition coefficient (Wildman–Crippen LogP) is 3.91. The molecule has 1 aliphatic heterocycles. The highest BCUT2D eigenvalue weighted by atomic mass is 32.1.